The van der Waals surface area contributed by atoms with Gasteiger partial charge in [0, 0.05) is 5.56 Å². The first-order chi connectivity index (χ1) is 10.3. The van der Waals surface area contributed by atoms with Gasteiger partial charge in [-0.1, -0.05) is 36.4 Å². The summed E-state index contributed by atoms with van der Waals surface area (Å²) in [6.07, 6.45) is 3.27. The molecule has 1 aliphatic heterocycles. The third-order valence-electron chi connectivity index (χ3n) is 3.17. The van der Waals surface area contributed by atoms with Crippen molar-refractivity contribution in [3.05, 3.63) is 59.7 Å². The molecule has 3 rings (SSSR count). The summed E-state index contributed by atoms with van der Waals surface area (Å²) >= 11 is 0. The normalized spacial score (nSPS) is 12.6. The van der Waals surface area contributed by atoms with Crippen LogP contribution in [0.15, 0.2) is 48.5 Å². The van der Waals surface area contributed by atoms with Crippen molar-refractivity contribution in [2.45, 2.75) is 0 Å². The molecule has 0 saturated carbocycles. The molecule has 21 heavy (non-hydrogen) atoms. The Bertz CT molecular complexity index is 689. The number of methoxy groups -OCH3 is 1. The Hall–Kier alpha value is -2.75. The zero-order valence-corrected chi connectivity index (χ0v) is 11.5. The van der Waals surface area contributed by atoms with Crippen LogP contribution in [0.25, 0.3) is 6.08 Å². The topological polar surface area (TPSA) is 44.8 Å². The fourth-order valence-corrected chi connectivity index (χ4v) is 2.12. The molecule has 4 nitrogen and oxygen atoms in total. The Labute approximate surface area is 122 Å². The van der Waals surface area contributed by atoms with Crippen LogP contribution < -0.4 is 14.2 Å². The number of allylic oxidation sites excluding steroid dienone is 1. The summed E-state index contributed by atoms with van der Waals surface area (Å²) in [4.78, 5) is 12.0. The smallest absolute Gasteiger partial charge is 0.231 e. The first kappa shape index (κ1) is 13.2. The molecule has 1 heterocycles. The molecule has 0 unspecified atom stereocenters. The van der Waals surface area contributed by atoms with Crippen molar-refractivity contribution in [1.82, 2.24) is 0 Å². The zero-order chi connectivity index (χ0) is 14.7. The molecule has 0 aliphatic carbocycles. The molecule has 0 spiro atoms. The highest BCUT2D eigenvalue weighted by Crippen LogP contribution is 2.42. The van der Waals surface area contributed by atoms with E-state index in [4.69, 9.17) is 14.2 Å². The molecule has 0 N–H and O–H groups in total. The second kappa shape index (κ2) is 5.71. The van der Waals surface area contributed by atoms with Gasteiger partial charge < -0.3 is 14.2 Å². The minimum Gasteiger partial charge on any atom is -0.493 e. The quantitative estimate of drug-likeness (QED) is 0.637. The van der Waals surface area contributed by atoms with Gasteiger partial charge >= 0.3 is 0 Å². The molecule has 0 radical (unpaired) electrons. The van der Waals surface area contributed by atoms with Gasteiger partial charge in [0.25, 0.3) is 0 Å². The minimum atomic E-state index is -0.0489. The van der Waals surface area contributed by atoms with Crippen molar-refractivity contribution in [2.75, 3.05) is 13.9 Å². The summed E-state index contributed by atoms with van der Waals surface area (Å²) in [5.74, 6) is 1.77. The van der Waals surface area contributed by atoms with Crippen LogP contribution >= 0.6 is 0 Å². The molecule has 0 aromatic heterocycles. The van der Waals surface area contributed by atoms with Crippen molar-refractivity contribution < 1.29 is 19.0 Å². The third kappa shape index (κ3) is 2.74. The Morgan fingerprint density at radius 1 is 1.19 bits per heavy atom. The lowest BCUT2D eigenvalue weighted by molar-refractivity contribution is 0.104. The molecule has 1 aliphatic rings. The number of carbonyl (C=O) groups is 1. The molecular weight excluding hydrogens is 268 g/mol. The lowest BCUT2D eigenvalue weighted by Gasteiger charge is -2.05. The van der Waals surface area contributed by atoms with E-state index in [1.165, 1.54) is 6.08 Å². The summed E-state index contributed by atoms with van der Waals surface area (Å²) in [6, 6.07) is 12.8. The fraction of sp³-hybridized carbons (Fsp3) is 0.118. The van der Waals surface area contributed by atoms with Gasteiger partial charge in [-0.3, -0.25) is 4.79 Å². The van der Waals surface area contributed by atoms with Gasteiger partial charge in [0.2, 0.25) is 12.5 Å². The monoisotopic (exact) mass is 282 g/mol. The van der Waals surface area contributed by atoms with Gasteiger partial charge in [-0.25, -0.2) is 0 Å². The van der Waals surface area contributed by atoms with Crippen LogP contribution in [0.1, 0.15) is 15.9 Å². The van der Waals surface area contributed by atoms with E-state index < -0.39 is 0 Å². The van der Waals surface area contributed by atoms with E-state index in [1.54, 1.807) is 25.3 Å². The number of hydrogen-bond donors (Lipinski definition) is 0. The molecule has 0 fully saturated rings. The molecule has 4 heteroatoms. The highest BCUT2D eigenvalue weighted by atomic mass is 16.7. The second-order valence-corrected chi connectivity index (χ2v) is 4.52. The predicted molar refractivity (Wildman–Crippen MR) is 78.9 cm³/mol. The summed E-state index contributed by atoms with van der Waals surface area (Å²) in [5, 5.41) is 0. The fourth-order valence-electron chi connectivity index (χ4n) is 2.12. The maximum absolute atomic E-state index is 12.0. The number of benzene rings is 2. The maximum Gasteiger partial charge on any atom is 0.231 e. The number of hydrogen-bond acceptors (Lipinski definition) is 4. The maximum atomic E-state index is 12.0. The highest BCUT2D eigenvalue weighted by Gasteiger charge is 2.19. The summed E-state index contributed by atoms with van der Waals surface area (Å²) in [6.45, 7) is 0.182. The first-order valence-corrected chi connectivity index (χ1v) is 6.53. The Morgan fingerprint density at radius 2 is 2.00 bits per heavy atom. The van der Waals surface area contributed by atoms with Crippen molar-refractivity contribution in [3.8, 4) is 17.2 Å². The van der Waals surface area contributed by atoms with Gasteiger partial charge in [0.15, 0.2) is 17.3 Å². The second-order valence-electron chi connectivity index (χ2n) is 4.52. The Balaban J connectivity index is 1.85. The standard InChI is InChI=1S/C17H14O4/c1-19-15-9-12(10-16-17(15)21-11-20-16)7-8-14(18)13-5-3-2-4-6-13/h2-10H,11H2,1H3. The van der Waals surface area contributed by atoms with Gasteiger partial charge in [0.1, 0.15) is 0 Å². The van der Waals surface area contributed by atoms with Crippen molar-refractivity contribution in [1.29, 1.82) is 0 Å². The number of ketones is 1. The van der Waals surface area contributed by atoms with Gasteiger partial charge in [-0.2, -0.15) is 0 Å². The van der Waals surface area contributed by atoms with E-state index in [0.29, 0.717) is 22.8 Å². The van der Waals surface area contributed by atoms with Crippen molar-refractivity contribution >= 4 is 11.9 Å². The van der Waals surface area contributed by atoms with E-state index in [2.05, 4.69) is 0 Å². The number of rotatable bonds is 4. The van der Waals surface area contributed by atoms with Crippen LogP contribution in [0, 0.1) is 0 Å². The average molecular weight is 282 g/mol. The lowest BCUT2D eigenvalue weighted by atomic mass is 10.1. The Kier molecular flexibility index (Phi) is 3.60. The molecule has 0 bridgehead atoms. The Morgan fingerprint density at radius 3 is 2.76 bits per heavy atom. The van der Waals surface area contributed by atoms with Crippen LogP contribution in [0.5, 0.6) is 17.2 Å². The van der Waals surface area contributed by atoms with E-state index in [9.17, 15) is 4.79 Å². The predicted octanol–water partition coefficient (Wildman–Crippen LogP) is 3.32. The third-order valence-corrected chi connectivity index (χ3v) is 3.17. The minimum absolute atomic E-state index is 0.0489. The highest BCUT2D eigenvalue weighted by molar-refractivity contribution is 6.06. The first-order valence-electron chi connectivity index (χ1n) is 6.53. The van der Waals surface area contributed by atoms with Gasteiger partial charge in [0.05, 0.1) is 7.11 Å². The van der Waals surface area contributed by atoms with Crippen LogP contribution in [-0.4, -0.2) is 19.7 Å². The number of ether oxygens (including phenoxy) is 3. The average Bonchev–Trinajstić information content (AvgIpc) is 3.01. The van der Waals surface area contributed by atoms with Gasteiger partial charge in [-0.15, -0.1) is 0 Å². The van der Waals surface area contributed by atoms with E-state index >= 15 is 0 Å². The molecule has 2 aromatic carbocycles. The largest absolute Gasteiger partial charge is 0.493 e. The van der Waals surface area contributed by atoms with Gasteiger partial charge in [-0.05, 0) is 23.8 Å². The molecule has 2 aromatic rings. The van der Waals surface area contributed by atoms with E-state index in [1.807, 2.05) is 30.3 Å². The van der Waals surface area contributed by atoms with Crippen LogP contribution in [-0.2, 0) is 0 Å². The lowest BCUT2D eigenvalue weighted by Crippen LogP contribution is -1.93. The molecule has 106 valence electrons. The van der Waals surface area contributed by atoms with Crippen LogP contribution in [0.3, 0.4) is 0 Å². The van der Waals surface area contributed by atoms with E-state index in [0.717, 1.165) is 5.56 Å². The summed E-state index contributed by atoms with van der Waals surface area (Å²) in [5.41, 5.74) is 1.47. The zero-order valence-electron chi connectivity index (χ0n) is 11.5. The molecule has 0 amide bonds. The van der Waals surface area contributed by atoms with Crippen molar-refractivity contribution in [2.24, 2.45) is 0 Å². The van der Waals surface area contributed by atoms with E-state index in [-0.39, 0.29) is 12.6 Å². The van der Waals surface area contributed by atoms with Crippen molar-refractivity contribution in [3.63, 3.8) is 0 Å². The van der Waals surface area contributed by atoms with Crippen LogP contribution in [0.4, 0.5) is 0 Å². The SMILES string of the molecule is COc1cc(C=CC(=O)c2ccccc2)cc2c1OCO2. The molecule has 0 saturated heterocycles. The molecular formula is C17H14O4. The van der Waals surface area contributed by atoms with Crippen LogP contribution in [0.2, 0.25) is 0 Å². The molecule has 0 atom stereocenters. The summed E-state index contributed by atoms with van der Waals surface area (Å²) in [7, 11) is 1.57. The summed E-state index contributed by atoms with van der Waals surface area (Å²) < 4.78 is 15.9. The number of fused-ring (bicyclic) bond motifs is 1. The number of carbonyl (C=O) groups excluding carboxylic acids is 1.